The van der Waals surface area contributed by atoms with E-state index in [1.54, 1.807) is 0 Å². The molecular formula is C18H12Cl2N2O4S. The Morgan fingerprint density at radius 3 is 2.63 bits per heavy atom. The van der Waals surface area contributed by atoms with E-state index in [9.17, 15) is 19.7 Å². The van der Waals surface area contributed by atoms with E-state index in [2.05, 4.69) is 0 Å². The normalized spacial score (nSPS) is 15.7. The zero-order valence-corrected chi connectivity index (χ0v) is 16.3. The van der Waals surface area contributed by atoms with Gasteiger partial charge < -0.3 is 0 Å². The number of rotatable bonds is 4. The Hall–Kier alpha value is -2.35. The van der Waals surface area contributed by atoms with E-state index in [0.717, 1.165) is 27.8 Å². The second-order valence-corrected chi connectivity index (χ2v) is 7.59. The molecule has 0 spiro atoms. The number of nitrogens with zero attached hydrogens (tertiary/aromatic N) is 2. The molecule has 138 valence electrons. The fourth-order valence-electron chi connectivity index (χ4n) is 2.59. The van der Waals surface area contributed by atoms with Crippen molar-refractivity contribution in [1.29, 1.82) is 0 Å². The molecule has 9 heteroatoms. The molecule has 0 atom stereocenters. The lowest BCUT2D eigenvalue weighted by Gasteiger charge is -2.12. The van der Waals surface area contributed by atoms with Crippen LogP contribution >= 0.6 is 35.0 Å². The van der Waals surface area contributed by atoms with Gasteiger partial charge in [0.15, 0.2) is 0 Å². The molecule has 0 unspecified atom stereocenters. The molecule has 0 N–H and O–H groups in total. The van der Waals surface area contributed by atoms with Gasteiger partial charge in [-0.05, 0) is 36.4 Å². The van der Waals surface area contributed by atoms with Crippen molar-refractivity contribution < 1.29 is 14.5 Å². The van der Waals surface area contributed by atoms with Gasteiger partial charge in [-0.3, -0.25) is 24.6 Å². The number of benzene rings is 2. The van der Waals surface area contributed by atoms with Crippen LogP contribution in [0, 0.1) is 17.0 Å². The number of imide groups is 1. The van der Waals surface area contributed by atoms with Crippen LogP contribution in [0.15, 0.2) is 41.3 Å². The summed E-state index contributed by atoms with van der Waals surface area (Å²) in [4.78, 5) is 36.5. The molecule has 0 radical (unpaired) electrons. The van der Waals surface area contributed by atoms with Gasteiger partial charge in [0.1, 0.15) is 5.02 Å². The number of halogens is 2. The van der Waals surface area contributed by atoms with Crippen molar-refractivity contribution in [1.82, 2.24) is 4.90 Å². The molecule has 1 heterocycles. The number of amides is 2. The van der Waals surface area contributed by atoms with Gasteiger partial charge in [-0.25, -0.2) is 0 Å². The lowest BCUT2D eigenvalue weighted by Crippen LogP contribution is -2.27. The van der Waals surface area contributed by atoms with Crippen LogP contribution in [0.25, 0.3) is 6.08 Å². The smallest absolute Gasteiger partial charge is 0.268 e. The average molecular weight is 423 g/mol. The topological polar surface area (TPSA) is 80.5 Å². The first-order chi connectivity index (χ1) is 12.8. The van der Waals surface area contributed by atoms with Gasteiger partial charge in [-0.15, -0.1) is 0 Å². The number of aryl methyl sites for hydroxylation is 1. The number of hydrogen-bond donors (Lipinski definition) is 0. The third-order valence-corrected chi connectivity index (χ3v) is 5.51. The number of carbonyl (C=O) groups is 2. The summed E-state index contributed by atoms with van der Waals surface area (Å²) >= 11 is 12.9. The SMILES string of the molecule is Cc1cccc(CN2C(=O)S/C(=C\c3c(Cl)ccc([N+](=O)[O-])c3Cl)C2=O)c1. The standard InChI is InChI=1S/C18H12Cl2N2O4S/c1-10-3-2-4-11(7-10)9-21-17(23)15(27-18(21)24)8-12-13(19)5-6-14(16(12)20)22(25)26/h2-8H,9H2,1H3/b15-8-. The molecule has 1 aliphatic heterocycles. The predicted molar refractivity (Wildman–Crippen MR) is 106 cm³/mol. The van der Waals surface area contributed by atoms with Gasteiger partial charge in [0, 0.05) is 16.7 Å². The molecule has 2 aromatic carbocycles. The Bertz CT molecular complexity index is 1010. The van der Waals surface area contributed by atoms with Gasteiger partial charge in [0.2, 0.25) is 0 Å². The Morgan fingerprint density at radius 1 is 1.22 bits per heavy atom. The molecule has 0 aromatic heterocycles. The van der Waals surface area contributed by atoms with Crippen LogP contribution in [-0.4, -0.2) is 21.0 Å². The summed E-state index contributed by atoms with van der Waals surface area (Å²) in [5.41, 5.74) is 1.65. The van der Waals surface area contributed by atoms with E-state index in [-0.39, 0.29) is 32.7 Å². The van der Waals surface area contributed by atoms with Crippen LogP contribution in [0.1, 0.15) is 16.7 Å². The zero-order chi connectivity index (χ0) is 19.7. The van der Waals surface area contributed by atoms with Crippen LogP contribution in [0.3, 0.4) is 0 Å². The first kappa shape index (κ1) is 19.4. The van der Waals surface area contributed by atoms with E-state index in [1.165, 1.54) is 18.2 Å². The summed E-state index contributed by atoms with van der Waals surface area (Å²) in [5.74, 6) is -0.495. The maximum atomic E-state index is 12.6. The van der Waals surface area contributed by atoms with Crippen molar-refractivity contribution >= 4 is 57.9 Å². The first-order valence-corrected chi connectivity index (χ1v) is 9.28. The summed E-state index contributed by atoms with van der Waals surface area (Å²) < 4.78 is 0. The zero-order valence-electron chi connectivity index (χ0n) is 13.9. The molecule has 1 saturated heterocycles. The number of thioether (sulfide) groups is 1. The Labute approximate surface area is 168 Å². The second-order valence-electron chi connectivity index (χ2n) is 5.81. The van der Waals surface area contributed by atoms with Gasteiger partial charge in [0.25, 0.3) is 16.8 Å². The maximum Gasteiger partial charge on any atom is 0.293 e. The fraction of sp³-hybridized carbons (Fsp3) is 0.111. The number of nitro groups is 1. The highest BCUT2D eigenvalue weighted by Gasteiger charge is 2.35. The molecule has 0 saturated carbocycles. The Balaban J connectivity index is 1.93. The predicted octanol–water partition coefficient (Wildman–Crippen LogP) is 5.45. The third kappa shape index (κ3) is 4.00. The second kappa shape index (κ2) is 7.72. The molecule has 0 bridgehead atoms. The highest BCUT2D eigenvalue weighted by molar-refractivity contribution is 8.18. The van der Waals surface area contributed by atoms with E-state index in [0.29, 0.717) is 0 Å². The van der Waals surface area contributed by atoms with Crippen molar-refractivity contribution in [3.8, 4) is 0 Å². The molecule has 3 rings (SSSR count). The van der Waals surface area contributed by atoms with Gasteiger partial charge in [0.05, 0.1) is 16.4 Å². The van der Waals surface area contributed by atoms with Crippen molar-refractivity contribution in [3.63, 3.8) is 0 Å². The minimum absolute atomic E-state index is 0.108. The fourth-order valence-corrected chi connectivity index (χ4v) is 3.96. The van der Waals surface area contributed by atoms with Gasteiger partial charge >= 0.3 is 0 Å². The number of nitro benzene ring substituents is 1. The Morgan fingerprint density at radius 2 is 1.96 bits per heavy atom. The summed E-state index contributed by atoms with van der Waals surface area (Å²) in [6.45, 7) is 2.06. The highest BCUT2D eigenvalue weighted by atomic mass is 35.5. The van der Waals surface area contributed by atoms with Crippen LogP contribution in [-0.2, 0) is 11.3 Å². The lowest BCUT2D eigenvalue weighted by atomic mass is 10.1. The monoisotopic (exact) mass is 422 g/mol. The molecule has 1 aliphatic rings. The van der Waals surface area contributed by atoms with E-state index < -0.39 is 16.1 Å². The molecule has 27 heavy (non-hydrogen) atoms. The lowest BCUT2D eigenvalue weighted by molar-refractivity contribution is -0.384. The molecule has 6 nitrogen and oxygen atoms in total. The summed E-state index contributed by atoms with van der Waals surface area (Å²) in [5, 5.41) is 10.6. The van der Waals surface area contributed by atoms with E-state index >= 15 is 0 Å². The number of carbonyl (C=O) groups excluding carboxylic acids is 2. The van der Waals surface area contributed by atoms with Crippen LogP contribution in [0.4, 0.5) is 10.5 Å². The summed E-state index contributed by atoms with van der Waals surface area (Å²) in [6.07, 6.45) is 1.32. The van der Waals surface area contributed by atoms with Crippen LogP contribution < -0.4 is 0 Å². The van der Waals surface area contributed by atoms with Crippen molar-refractivity contribution in [2.75, 3.05) is 0 Å². The number of hydrogen-bond acceptors (Lipinski definition) is 5. The van der Waals surface area contributed by atoms with Crippen molar-refractivity contribution in [3.05, 3.63) is 78.2 Å². The van der Waals surface area contributed by atoms with E-state index in [1.807, 2.05) is 31.2 Å². The first-order valence-electron chi connectivity index (χ1n) is 7.71. The average Bonchev–Trinajstić information content (AvgIpc) is 2.86. The molecular weight excluding hydrogens is 411 g/mol. The van der Waals surface area contributed by atoms with E-state index in [4.69, 9.17) is 23.2 Å². The van der Waals surface area contributed by atoms with Gasteiger partial charge in [-0.2, -0.15) is 0 Å². The summed E-state index contributed by atoms with van der Waals surface area (Å²) in [6, 6.07) is 10.0. The molecule has 2 aromatic rings. The molecule has 1 fully saturated rings. The quantitative estimate of drug-likeness (QED) is 0.371. The minimum atomic E-state index is -0.639. The van der Waals surface area contributed by atoms with Gasteiger partial charge in [-0.1, -0.05) is 53.0 Å². The maximum absolute atomic E-state index is 12.6. The third-order valence-electron chi connectivity index (χ3n) is 3.88. The van der Waals surface area contributed by atoms with Crippen LogP contribution in [0.5, 0.6) is 0 Å². The van der Waals surface area contributed by atoms with Crippen molar-refractivity contribution in [2.45, 2.75) is 13.5 Å². The Kier molecular flexibility index (Phi) is 5.55. The van der Waals surface area contributed by atoms with Crippen LogP contribution in [0.2, 0.25) is 10.0 Å². The highest BCUT2D eigenvalue weighted by Crippen LogP contribution is 2.39. The largest absolute Gasteiger partial charge is 0.293 e. The minimum Gasteiger partial charge on any atom is -0.268 e. The molecule has 0 aliphatic carbocycles. The molecule has 2 amide bonds. The summed E-state index contributed by atoms with van der Waals surface area (Å²) in [7, 11) is 0. The van der Waals surface area contributed by atoms with Crippen molar-refractivity contribution in [2.24, 2.45) is 0 Å².